The van der Waals surface area contributed by atoms with E-state index in [0.29, 0.717) is 17.8 Å². The van der Waals surface area contributed by atoms with E-state index in [1.165, 1.54) is 0 Å². The van der Waals surface area contributed by atoms with Crippen LogP contribution in [0.2, 0.25) is 0 Å². The highest BCUT2D eigenvalue weighted by molar-refractivity contribution is 5.36. The molecule has 0 spiro atoms. The molecule has 0 unspecified atom stereocenters. The highest BCUT2D eigenvalue weighted by atomic mass is 16.5. The van der Waals surface area contributed by atoms with Crippen LogP contribution < -0.4 is 15.1 Å². The Morgan fingerprint density at radius 2 is 1.65 bits per heavy atom. The number of aromatic nitrogens is 3. The van der Waals surface area contributed by atoms with Gasteiger partial charge in [0.25, 0.3) is 0 Å². The summed E-state index contributed by atoms with van der Waals surface area (Å²) in [6.45, 7) is 4.48. The molecule has 0 bridgehead atoms. The number of aryl methyl sites for hydroxylation is 1. The molecule has 1 N–H and O–H groups in total. The summed E-state index contributed by atoms with van der Waals surface area (Å²) in [6, 6.07) is 0. The molecule has 0 aliphatic heterocycles. The fourth-order valence-electron chi connectivity index (χ4n) is 1.45. The van der Waals surface area contributed by atoms with Gasteiger partial charge in [0.05, 0.1) is 7.11 Å². The average Bonchev–Trinajstić information content (AvgIpc) is 2.42. The predicted molar refractivity (Wildman–Crippen MR) is 81.0 cm³/mol. The Morgan fingerprint density at radius 1 is 1.10 bits per heavy atom. The second kappa shape index (κ2) is 7.52. The van der Waals surface area contributed by atoms with Crippen LogP contribution in [0, 0.1) is 0 Å². The van der Waals surface area contributed by atoms with Crippen LogP contribution in [0.4, 0.5) is 11.9 Å². The third-order valence-electron chi connectivity index (χ3n) is 2.60. The first-order valence-corrected chi connectivity index (χ1v) is 6.50. The molecule has 112 valence electrons. The van der Waals surface area contributed by atoms with Crippen LogP contribution in [0.3, 0.4) is 0 Å². The predicted octanol–water partition coefficient (Wildman–Crippen LogP) is 0.643. The molecule has 0 radical (unpaired) electrons. The van der Waals surface area contributed by atoms with Crippen LogP contribution in [0.5, 0.6) is 0 Å². The lowest BCUT2D eigenvalue weighted by Crippen LogP contribution is -2.21. The molecule has 1 aromatic heterocycles. The second-order valence-electron chi connectivity index (χ2n) is 4.80. The summed E-state index contributed by atoms with van der Waals surface area (Å²) < 4.78 is 4.94. The molecule has 0 fully saturated rings. The quantitative estimate of drug-likeness (QED) is 0.554. The van der Waals surface area contributed by atoms with E-state index >= 15 is 0 Å². The molecule has 0 saturated heterocycles. The fraction of sp³-hybridized carbons (Fsp3) is 0.615. The van der Waals surface area contributed by atoms with Crippen molar-refractivity contribution in [3.63, 3.8) is 0 Å². The van der Waals surface area contributed by atoms with Crippen LogP contribution in [-0.4, -0.2) is 56.8 Å². The fourth-order valence-corrected chi connectivity index (χ4v) is 1.45. The van der Waals surface area contributed by atoms with Crippen molar-refractivity contribution in [2.45, 2.75) is 12.8 Å². The van der Waals surface area contributed by atoms with Gasteiger partial charge in [0.1, 0.15) is 5.82 Å². The number of ether oxygens (including phenoxy) is 1. The SMILES string of the molecule is C=C(NCCCc1nc(N(C)C)nc(N(C)C)n1)OC. The normalized spacial score (nSPS) is 10.1. The molecule has 7 heteroatoms. The molecule has 0 aromatic carbocycles. The van der Waals surface area contributed by atoms with E-state index in [0.717, 1.165) is 25.2 Å². The van der Waals surface area contributed by atoms with Gasteiger partial charge in [0.15, 0.2) is 5.88 Å². The van der Waals surface area contributed by atoms with Gasteiger partial charge in [-0.2, -0.15) is 15.0 Å². The van der Waals surface area contributed by atoms with Crippen molar-refractivity contribution >= 4 is 11.9 Å². The van der Waals surface area contributed by atoms with Crippen molar-refractivity contribution < 1.29 is 4.74 Å². The van der Waals surface area contributed by atoms with Gasteiger partial charge in [-0.1, -0.05) is 0 Å². The van der Waals surface area contributed by atoms with Gasteiger partial charge >= 0.3 is 0 Å². The minimum absolute atomic E-state index is 0.573. The summed E-state index contributed by atoms with van der Waals surface area (Å²) in [5, 5.41) is 3.07. The van der Waals surface area contributed by atoms with Crippen LogP contribution >= 0.6 is 0 Å². The van der Waals surface area contributed by atoms with Crippen molar-refractivity contribution in [3.8, 4) is 0 Å². The molecule has 20 heavy (non-hydrogen) atoms. The topological polar surface area (TPSA) is 66.4 Å². The molecule has 1 heterocycles. The van der Waals surface area contributed by atoms with E-state index in [-0.39, 0.29) is 0 Å². The number of nitrogens with zero attached hydrogens (tertiary/aromatic N) is 5. The zero-order valence-electron chi connectivity index (χ0n) is 13.0. The van der Waals surface area contributed by atoms with Gasteiger partial charge in [0.2, 0.25) is 11.9 Å². The lowest BCUT2D eigenvalue weighted by molar-refractivity contribution is 0.263. The summed E-state index contributed by atoms with van der Waals surface area (Å²) in [5.41, 5.74) is 0. The maximum atomic E-state index is 4.94. The van der Waals surface area contributed by atoms with E-state index in [1.807, 2.05) is 38.0 Å². The van der Waals surface area contributed by atoms with E-state index in [9.17, 15) is 0 Å². The third kappa shape index (κ3) is 4.91. The molecule has 7 nitrogen and oxygen atoms in total. The molecule has 0 atom stereocenters. The number of methoxy groups -OCH3 is 1. The first-order valence-electron chi connectivity index (χ1n) is 6.50. The summed E-state index contributed by atoms with van der Waals surface area (Å²) in [7, 11) is 9.27. The molecule has 1 aromatic rings. The maximum absolute atomic E-state index is 4.94. The average molecular weight is 280 g/mol. The molecule has 0 saturated carbocycles. The molecule has 0 aliphatic rings. The van der Waals surface area contributed by atoms with Crippen LogP contribution in [0.1, 0.15) is 12.2 Å². The lowest BCUT2D eigenvalue weighted by Gasteiger charge is -2.16. The minimum atomic E-state index is 0.573. The number of anilines is 2. The molecule has 0 amide bonds. The van der Waals surface area contributed by atoms with E-state index in [4.69, 9.17) is 4.74 Å². The Bertz CT molecular complexity index is 420. The number of nitrogens with one attached hydrogen (secondary N) is 1. The largest absolute Gasteiger partial charge is 0.483 e. The van der Waals surface area contributed by atoms with Gasteiger partial charge < -0.3 is 19.9 Å². The van der Waals surface area contributed by atoms with Crippen molar-refractivity contribution in [1.29, 1.82) is 0 Å². The standard InChI is InChI=1S/C13H24N6O/c1-10(20-6)14-9-7-8-11-15-12(18(2)3)17-13(16-11)19(4)5/h14H,1,7-9H2,2-6H3. The Labute approximate surface area is 120 Å². The van der Waals surface area contributed by atoms with Crippen molar-refractivity contribution in [3.05, 3.63) is 18.3 Å². The molecular formula is C13H24N6O. The van der Waals surface area contributed by atoms with Crippen LogP contribution in [0.15, 0.2) is 12.5 Å². The van der Waals surface area contributed by atoms with E-state index in [2.05, 4.69) is 26.8 Å². The smallest absolute Gasteiger partial charge is 0.229 e. The summed E-state index contributed by atoms with van der Waals surface area (Å²) >= 11 is 0. The van der Waals surface area contributed by atoms with E-state index < -0.39 is 0 Å². The first kappa shape index (κ1) is 16.0. The summed E-state index contributed by atoms with van der Waals surface area (Å²) in [6.07, 6.45) is 1.67. The third-order valence-corrected chi connectivity index (χ3v) is 2.60. The maximum Gasteiger partial charge on any atom is 0.229 e. The first-order chi connectivity index (χ1) is 9.43. The number of hydrogen-bond acceptors (Lipinski definition) is 7. The Balaban J connectivity index is 2.66. The summed E-state index contributed by atoms with van der Waals surface area (Å²) in [4.78, 5) is 17.0. The van der Waals surface area contributed by atoms with Gasteiger partial charge in [-0.05, 0) is 13.0 Å². The zero-order valence-corrected chi connectivity index (χ0v) is 13.0. The van der Waals surface area contributed by atoms with Gasteiger partial charge in [-0.3, -0.25) is 0 Å². The number of hydrogen-bond donors (Lipinski definition) is 1. The van der Waals surface area contributed by atoms with Gasteiger partial charge in [0, 0.05) is 41.2 Å². The highest BCUT2D eigenvalue weighted by Crippen LogP contribution is 2.11. The van der Waals surface area contributed by atoms with E-state index in [1.54, 1.807) is 7.11 Å². The van der Waals surface area contributed by atoms with Crippen LogP contribution in [0.25, 0.3) is 0 Å². The molecule has 0 aliphatic carbocycles. The number of rotatable bonds is 8. The zero-order chi connectivity index (χ0) is 15.1. The monoisotopic (exact) mass is 280 g/mol. The Morgan fingerprint density at radius 3 is 2.10 bits per heavy atom. The lowest BCUT2D eigenvalue weighted by atomic mass is 10.3. The molecule has 1 rings (SSSR count). The van der Waals surface area contributed by atoms with Crippen LogP contribution in [-0.2, 0) is 11.2 Å². The van der Waals surface area contributed by atoms with Gasteiger partial charge in [-0.25, -0.2) is 0 Å². The highest BCUT2D eigenvalue weighted by Gasteiger charge is 2.09. The summed E-state index contributed by atoms with van der Waals surface area (Å²) in [5.74, 6) is 2.71. The van der Waals surface area contributed by atoms with Crippen molar-refractivity contribution in [1.82, 2.24) is 20.3 Å². The minimum Gasteiger partial charge on any atom is -0.483 e. The van der Waals surface area contributed by atoms with Gasteiger partial charge in [-0.15, -0.1) is 0 Å². The van der Waals surface area contributed by atoms with Crippen molar-refractivity contribution in [2.75, 3.05) is 51.6 Å². The van der Waals surface area contributed by atoms with Crippen molar-refractivity contribution in [2.24, 2.45) is 0 Å². The molecular weight excluding hydrogens is 256 g/mol. The Kier molecular flexibility index (Phi) is 6.02. The second-order valence-corrected chi connectivity index (χ2v) is 4.80. The Hall–Kier alpha value is -2.05.